The van der Waals surface area contributed by atoms with Gasteiger partial charge in [0, 0.05) is 70.0 Å². The molecule has 0 amide bonds. The molecule has 0 aliphatic carbocycles. The summed E-state index contributed by atoms with van der Waals surface area (Å²) in [6, 6.07) is 3.93. The summed E-state index contributed by atoms with van der Waals surface area (Å²) in [7, 11) is 3.11. The minimum absolute atomic E-state index is 0.0171. The molecule has 1 saturated heterocycles. The number of piperazine rings is 1. The van der Waals surface area contributed by atoms with Gasteiger partial charge < -0.3 is 10.2 Å². The number of halogens is 4. The first kappa shape index (κ1) is 20.9. The van der Waals surface area contributed by atoms with Crippen molar-refractivity contribution < 1.29 is 13.2 Å². The van der Waals surface area contributed by atoms with Crippen molar-refractivity contribution in [3.63, 3.8) is 0 Å². The zero-order chi connectivity index (χ0) is 20.3. The van der Waals surface area contributed by atoms with E-state index >= 15 is 0 Å². The van der Waals surface area contributed by atoms with Crippen LogP contribution in [0.5, 0.6) is 0 Å². The van der Waals surface area contributed by atoms with Crippen LogP contribution in [0.15, 0.2) is 23.3 Å². The highest BCUT2D eigenvalue weighted by atomic mass is 35.5. The molecule has 0 atom stereocenters. The van der Waals surface area contributed by atoms with Gasteiger partial charge in [-0.15, -0.1) is 11.3 Å². The SMILES string of the molecule is CN=C(NCc1cn(C)nc1C(F)(F)F)N1CCN(Cc2ccc(Cl)s2)CC1. The fourth-order valence-corrected chi connectivity index (χ4v) is 4.32. The van der Waals surface area contributed by atoms with E-state index in [0.717, 1.165) is 37.1 Å². The van der Waals surface area contributed by atoms with Gasteiger partial charge in [0.1, 0.15) is 0 Å². The Hall–Kier alpha value is -1.78. The molecule has 154 valence electrons. The fraction of sp³-hybridized carbons (Fsp3) is 0.529. The second-order valence-electron chi connectivity index (χ2n) is 6.54. The van der Waals surface area contributed by atoms with Crippen LogP contribution < -0.4 is 5.32 Å². The van der Waals surface area contributed by atoms with Gasteiger partial charge in [0.15, 0.2) is 11.7 Å². The maximum absolute atomic E-state index is 13.1. The van der Waals surface area contributed by atoms with Crippen LogP contribution in [0.4, 0.5) is 13.2 Å². The Morgan fingerprint density at radius 3 is 2.57 bits per heavy atom. The second-order valence-corrected chi connectivity index (χ2v) is 8.34. The van der Waals surface area contributed by atoms with Crippen molar-refractivity contribution in [3.05, 3.63) is 38.8 Å². The molecule has 2 aromatic rings. The Kier molecular flexibility index (Phi) is 6.51. The summed E-state index contributed by atoms with van der Waals surface area (Å²) in [6.07, 6.45) is -3.09. The van der Waals surface area contributed by atoms with Gasteiger partial charge in [-0.2, -0.15) is 18.3 Å². The van der Waals surface area contributed by atoms with E-state index in [1.807, 2.05) is 12.1 Å². The molecule has 1 aliphatic rings. The molecule has 2 aromatic heterocycles. The van der Waals surface area contributed by atoms with Crippen LogP contribution in [-0.4, -0.2) is 58.8 Å². The maximum Gasteiger partial charge on any atom is 0.435 e. The lowest BCUT2D eigenvalue weighted by Crippen LogP contribution is -2.52. The Bertz CT molecular complexity index is 823. The highest BCUT2D eigenvalue weighted by Gasteiger charge is 2.36. The lowest BCUT2D eigenvalue weighted by Gasteiger charge is -2.36. The van der Waals surface area contributed by atoms with Crippen LogP contribution in [0.25, 0.3) is 0 Å². The molecule has 1 aliphatic heterocycles. The number of hydrogen-bond donors (Lipinski definition) is 1. The van der Waals surface area contributed by atoms with Crippen LogP contribution in [0, 0.1) is 0 Å². The van der Waals surface area contributed by atoms with Crippen LogP contribution in [-0.2, 0) is 26.3 Å². The van der Waals surface area contributed by atoms with Gasteiger partial charge >= 0.3 is 6.18 Å². The van der Waals surface area contributed by atoms with E-state index in [0.29, 0.717) is 5.96 Å². The van der Waals surface area contributed by atoms with E-state index < -0.39 is 11.9 Å². The summed E-state index contributed by atoms with van der Waals surface area (Å²) in [4.78, 5) is 9.83. The van der Waals surface area contributed by atoms with Gasteiger partial charge in [-0.25, -0.2) is 0 Å². The summed E-state index contributed by atoms with van der Waals surface area (Å²) in [5, 5.41) is 6.57. The average molecular weight is 435 g/mol. The molecule has 6 nitrogen and oxygen atoms in total. The van der Waals surface area contributed by atoms with E-state index in [9.17, 15) is 13.2 Å². The maximum atomic E-state index is 13.1. The third kappa shape index (κ3) is 5.18. The quantitative estimate of drug-likeness (QED) is 0.593. The van der Waals surface area contributed by atoms with Gasteiger partial charge in [0.05, 0.1) is 4.34 Å². The molecule has 0 unspecified atom stereocenters. The normalized spacial score (nSPS) is 16.6. The predicted molar refractivity (Wildman–Crippen MR) is 105 cm³/mol. The first-order valence-corrected chi connectivity index (χ1v) is 9.97. The number of aliphatic imine (C=N–C) groups is 1. The Labute approximate surface area is 170 Å². The summed E-state index contributed by atoms with van der Waals surface area (Å²) >= 11 is 7.56. The number of rotatable bonds is 4. The monoisotopic (exact) mass is 434 g/mol. The number of aryl methyl sites for hydroxylation is 1. The van der Waals surface area contributed by atoms with E-state index in [4.69, 9.17) is 11.6 Å². The highest BCUT2D eigenvalue weighted by Crippen LogP contribution is 2.30. The molecule has 11 heteroatoms. The molecule has 28 heavy (non-hydrogen) atoms. The summed E-state index contributed by atoms with van der Waals surface area (Å²) in [6.45, 7) is 4.05. The number of nitrogens with zero attached hydrogens (tertiary/aromatic N) is 5. The smallest absolute Gasteiger partial charge is 0.352 e. The van der Waals surface area contributed by atoms with Gasteiger partial charge in [-0.3, -0.25) is 14.6 Å². The van der Waals surface area contributed by atoms with Gasteiger partial charge in [0.25, 0.3) is 0 Å². The zero-order valence-electron chi connectivity index (χ0n) is 15.6. The van der Waals surface area contributed by atoms with Crippen LogP contribution in [0.1, 0.15) is 16.1 Å². The van der Waals surface area contributed by atoms with Gasteiger partial charge in [0.2, 0.25) is 0 Å². The third-order valence-electron chi connectivity index (χ3n) is 4.50. The van der Waals surface area contributed by atoms with Crippen LogP contribution in [0.3, 0.4) is 0 Å². The van der Waals surface area contributed by atoms with E-state index in [-0.39, 0.29) is 12.1 Å². The highest BCUT2D eigenvalue weighted by molar-refractivity contribution is 7.16. The van der Waals surface area contributed by atoms with Crippen molar-refractivity contribution in [1.29, 1.82) is 0 Å². The molecule has 3 heterocycles. The number of guanidine groups is 1. The average Bonchev–Trinajstić information content (AvgIpc) is 3.22. The molecule has 0 spiro atoms. The standard InChI is InChI=1S/C17H22ClF3N6S/c1-22-16(23-9-12-10-25(2)24-15(12)17(19,20)21)27-7-5-26(6-8-27)11-13-3-4-14(18)28-13/h3-4,10H,5-9,11H2,1-2H3,(H,22,23). The van der Waals surface area contributed by atoms with E-state index in [1.165, 1.54) is 22.8 Å². The zero-order valence-corrected chi connectivity index (χ0v) is 17.2. The number of alkyl halides is 3. The van der Waals surface area contributed by atoms with Crippen molar-refractivity contribution >= 4 is 28.9 Å². The molecule has 1 N–H and O–H groups in total. The predicted octanol–water partition coefficient (Wildman–Crippen LogP) is 3.05. The lowest BCUT2D eigenvalue weighted by molar-refractivity contribution is -0.142. The van der Waals surface area contributed by atoms with Gasteiger partial charge in [-0.05, 0) is 12.1 Å². The van der Waals surface area contributed by atoms with Crippen molar-refractivity contribution in [2.24, 2.45) is 12.0 Å². The van der Waals surface area contributed by atoms with Crippen molar-refractivity contribution in [2.75, 3.05) is 33.2 Å². The first-order chi connectivity index (χ1) is 13.3. The Morgan fingerprint density at radius 2 is 2.00 bits per heavy atom. The lowest BCUT2D eigenvalue weighted by atomic mass is 10.2. The molecule has 3 rings (SSSR count). The fourth-order valence-electron chi connectivity index (χ4n) is 3.19. The topological polar surface area (TPSA) is 48.7 Å². The summed E-state index contributed by atoms with van der Waals surface area (Å²) in [5.74, 6) is 0.593. The molecule has 0 saturated carbocycles. The third-order valence-corrected chi connectivity index (χ3v) is 5.72. The van der Waals surface area contributed by atoms with Crippen molar-refractivity contribution in [3.8, 4) is 0 Å². The van der Waals surface area contributed by atoms with Crippen LogP contribution >= 0.6 is 22.9 Å². The minimum Gasteiger partial charge on any atom is -0.352 e. The second kappa shape index (κ2) is 8.71. The summed E-state index contributed by atoms with van der Waals surface area (Å²) < 4.78 is 41.2. The number of thiophene rings is 1. The van der Waals surface area contributed by atoms with Crippen molar-refractivity contribution in [2.45, 2.75) is 19.3 Å². The largest absolute Gasteiger partial charge is 0.435 e. The number of nitrogens with one attached hydrogen (secondary N) is 1. The number of hydrogen-bond acceptors (Lipinski definition) is 4. The molecule has 1 fully saturated rings. The minimum atomic E-state index is -4.47. The number of aromatic nitrogens is 2. The first-order valence-electron chi connectivity index (χ1n) is 8.78. The molecular formula is C17H22ClF3N6S. The Morgan fingerprint density at radius 1 is 1.29 bits per heavy atom. The molecule has 0 aromatic carbocycles. The Balaban J connectivity index is 1.54. The van der Waals surface area contributed by atoms with E-state index in [1.54, 1.807) is 18.4 Å². The van der Waals surface area contributed by atoms with Gasteiger partial charge in [-0.1, -0.05) is 11.6 Å². The molecular weight excluding hydrogens is 413 g/mol. The molecule has 0 bridgehead atoms. The summed E-state index contributed by atoms with van der Waals surface area (Å²) in [5.41, 5.74) is -0.762. The van der Waals surface area contributed by atoms with E-state index in [2.05, 4.69) is 25.2 Å². The molecule has 0 radical (unpaired) electrons. The van der Waals surface area contributed by atoms with Crippen molar-refractivity contribution in [1.82, 2.24) is 24.9 Å². The van der Waals surface area contributed by atoms with Crippen LogP contribution in [0.2, 0.25) is 4.34 Å².